The normalized spacial score (nSPS) is 20.8. The highest BCUT2D eigenvalue weighted by molar-refractivity contribution is 6.00. The Morgan fingerprint density at radius 1 is 1.04 bits per heavy atom. The minimum Gasteiger partial charge on any atom is -0.359 e. The molecule has 0 N–H and O–H groups in total. The summed E-state index contributed by atoms with van der Waals surface area (Å²) < 4.78 is 4.77. The van der Waals surface area contributed by atoms with E-state index in [1.165, 1.54) is 33.5 Å². The van der Waals surface area contributed by atoms with E-state index >= 15 is 0 Å². The predicted octanol–water partition coefficient (Wildman–Crippen LogP) is 4.44. The van der Waals surface area contributed by atoms with Crippen molar-refractivity contribution >= 4 is 33.5 Å². The Morgan fingerprint density at radius 3 is 2.63 bits per heavy atom. The van der Waals surface area contributed by atoms with Gasteiger partial charge in [-0.3, -0.25) is 8.97 Å². The summed E-state index contributed by atoms with van der Waals surface area (Å²) in [6.45, 7) is 9.11. The monoisotopic (exact) mass is 357 g/mol. The number of para-hydroxylation sites is 2. The maximum atomic E-state index is 5.04. The zero-order chi connectivity index (χ0) is 18.7. The standard InChI is InChI=1S/C22H23N5/c1-13-10-11-17-20-19(13)25-14(2)24(5)12-18(25)22(3,4)27(20)21-23-15-8-6-7-9-16(15)26(17)21/h6-12,14H,1-5H3/t14-/m0/s1. The summed E-state index contributed by atoms with van der Waals surface area (Å²) in [6.07, 6.45) is 2.60. The Balaban J connectivity index is 1.90. The Kier molecular flexibility index (Phi) is 2.51. The van der Waals surface area contributed by atoms with Crippen LogP contribution in [0.15, 0.2) is 48.3 Å². The number of hydrogen-bond donors (Lipinski definition) is 0. The van der Waals surface area contributed by atoms with E-state index in [1.54, 1.807) is 0 Å². The first-order valence-electron chi connectivity index (χ1n) is 9.56. The van der Waals surface area contributed by atoms with Gasteiger partial charge in [0.15, 0.2) is 0 Å². The molecule has 0 fully saturated rings. The molecular weight excluding hydrogens is 334 g/mol. The fraction of sp³-hybridized carbons (Fsp3) is 0.318. The van der Waals surface area contributed by atoms with Crippen LogP contribution in [-0.2, 0) is 5.54 Å². The molecule has 0 spiro atoms. The van der Waals surface area contributed by atoms with Crippen LogP contribution in [0.4, 0.5) is 5.69 Å². The van der Waals surface area contributed by atoms with Crippen molar-refractivity contribution in [2.45, 2.75) is 39.4 Å². The molecule has 1 atom stereocenters. The van der Waals surface area contributed by atoms with Crippen LogP contribution < -0.4 is 4.90 Å². The summed E-state index contributed by atoms with van der Waals surface area (Å²) in [4.78, 5) is 9.86. The third-order valence-corrected chi connectivity index (χ3v) is 6.51. The van der Waals surface area contributed by atoms with E-state index in [0.717, 1.165) is 11.3 Å². The number of hydrogen-bond acceptors (Lipinski definition) is 3. The first-order chi connectivity index (χ1) is 12.9. The number of fused-ring (bicyclic) bond motifs is 7. The molecule has 0 saturated carbocycles. The van der Waals surface area contributed by atoms with Crippen molar-refractivity contribution in [3.63, 3.8) is 0 Å². The maximum absolute atomic E-state index is 5.04. The van der Waals surface area contributed by atoms with Gasteiger partial charge in [0.05, 0.1) is 39.0 Å². The highest BCUT2D eigenvalue weighted by Crippen LogP contribution is 2.50. The maximum Gasteiger partial charge on any atom is 0.216 e. The fourth-order valence-electron chi connectivity index (χ4n) is 5.03. The second-order valence-electron chi connectivity index (χ2n) is 8.41. The lowest BCUT2D eigenvalue weighted by Crippen LogP contribution is -2.45. The largest absolute Gasteiger partial charge is 0.359 e. The van der Waals surface area contributed by atoms with E-state index in [4.69, 9.17) is 4.98 Å². The lowest BCUT2D eigenvalue weighted by Gasteiger charge is -2.43. The van der Waals surface area contributed by atoms with Gasteiger partial charge >= 0.3 is 0 Å². The number of rotatable bonds is 0. The van der Waals surface area contributed by atoms with Crippen LogP contribution in [0, 0.1) is 6.92 Å². The fourth-order valence-corrected chi connectivity index (χ4v) is 5.03. The molecule has 0 bridgehead atoms. The highest BCUT2D eigenvalue weighted by Gasteiger charge is 2.45. The molecule has 27 heavy (non-hydrogen) atoms. The summed E-state index contributed by atoms with van der Waals surface area (Å²) in [5.41, 5.74) is 8.48. The molecule has 0 unspecified atom stereocenters. The van der Waals surface area contributed by atoms with Gasteiger partial charge in [-0.05, 0) is 51.5 Å². The van der Waals surface area contributed by atoms with Gasteiger partial charge in [-0.2, -0.15) is 0 Å². The molecule has 2 aromatic carbocycles. The van der Waals surface area contributed by atoms with Crippen molar-refractivity contribution < 1.29 is 0 Å². The third kappa shape index (κ3) is 1.55. The number of anilines is 1. The summed E-state index contributed by atoms with van der Waals surface area (Å²) >= 11 is 0. The zero-order valence-corrected chi connectivity index (χ0v) is 16.4. The van der Waals surface area contributed by atoms with Crippen LogP contribution in [0.5, 0.6) is 0 Å². The van der Waals surface area contributed by atoms with E-state index in [9.17, 15) is 0 Å². The van der Waals surface area contributed by atoms with Crippen molar-refractivity contribution in [3.8, 4) is 0 Å². The molecule has 0 radical (unpaired) electrons. The second kappa shape index (κ2) is 4.47. The first kappa shape index (κ1) is 15.1. The Labute approximate surface area is 158 Å². The summed E-state index contributed by atoms with van der Waals surface area (Å²) in [6, 6.07) is 12.9. The van der Waals surface area contributed by atoms with E-state index < -0.39 is 0 Å². The van der Waals surface area contributed by atoms with Crippen LogP contribution in [-0.4, -0.2) is 32.1 Å². The SMILES string of the molecule is Cc1ccc2c3c1N1C(=CN(C)[C@@H]1C)C(C)(C)n3c1nc3ccccc3n21. The Hall–Kier alpha value is -2.95. The van der Waals surface area contributed by atoms with Crippen LogP contribution >= 0.6 is 0 Å². The summed E-state index contributed by atoms with van der Waals surface area (Å²) in [5.74, 6) is 1.02. The number of benzene rings is 2. The molecule has 0 saturated heterocycles. The molecule has 0 amide bonds. The minimum atomic E-state index is -0.190. The average molecular weight is 357 g/mol. The number of nitrogens with zero attached hydrogens (tertiary/aromatic N) is 5. The van der Waals surface area contributed by atoms with E-state index in [2.05, 4.69) is 96.1 Å². The molecule has 2 aliphatic heterocycles. The quantitative estimate of drug-likeness (QED) is 0.466. The van der Waals surface area contributed by atoms with Gasteiger partial charge in [-0.1, -0.05) is 18.2 Å². The molecule has 5 nitrogen and oxygen atoms in total. The van der Waals surface area contributed by atoms with Crippen molar-refractivity contribution in [2.75, 3.05) is 11.9 Å². The van der Waals surface area contributed by atoms with Crippen molar-refractivity contribution in [1.29, 1.82) is 0 Å². The van der Waals surface area contributed by atoms with E-state index in [0.29, 0.717) is 6.17 Å². The summed E-state index contributed by atoms with van der Waals surface area (Å²) in [5, 5.41) is 0. The molecular formula is C22H23N5. The average Bonchev–Trinajstić information content (AvgIpc) is 3.25. The van der Waals surface area contributed by atoms with Crippen LogP contribution in [0.25, 0.3) is 27.8 Å². The van der Waals surface area contributed by atoms with E-state index in [1.807, 2.05) is 0 Å². The molecule has 5 heteroatoms. The third-order valence-electron chi connectivity index (χ3n) is 6.51. The Morgan fingerprint density at radius 2 is 1.81 bits per heavy atom. The molecule has 4 aromatic rings. The topological polar surface area (TPSA) is 28.7 Å². The van der Waals surface area contributed by atoms with Gasteiger partial charge in [-0.15, -0.1) is 0 Å². The number of aromatic nitrogens is 3. The lowest BCUT2D eigenvalue weighted by molar-refractivity contribution is 0.371. The predicted molar refractivity (Wildman–Crippen MR) is 110 cm³/mol. The molecule has 6 rings (SSSR count). The molecule has 136 valence electrons. The lowest BCUT2D eigenvalue weighted by atomic mass is 9.94. The van der Waals surface area contributed by atoms with Crippen LogP contribution in [0.1, 0.15) is 26.3 Å². The first-order valence-corrected chi connectivity index (χ1v) is 9.56. The van der Waals surface area contributed by atoms with Crippen molar-refractivity contribution in [2.24, 2.45) is 0 Å². The van der Waals surface area contributed by atoms with Crippen molar-refractivity contribution in [1.82, 2.24) is 18.9 Å². The Bertz CT molecular complexity index is 1300. The van der Waals surface area contributed by atoms with Gasteiger partial charge in [0.1, 0.15) is 6.17 Å². The van der Waals surface area contributed by atoms with Gasteiger partial charge in [-0.25, -0.2) is 4.98 Å². The minimum absolute atomic E-state index is 0.190. The van der Waals surface area contributed by atoms with Crippen molar-refractivity contribution in [3.05, 3.63) is 53.9 Å². The van der Waals surface area contributed by atoms with Crippen LogP contribution in [0.3, 0.4) is 0 Å². The molecule has 2 aromatic heterocycles. The van der Waals surface area contributed by atoms with Gasteiger partial charge < -0.3 is 9.80 Å². The van der Waals surface area contributed by atoms with Gasteiger partial charge in [0.2, 0.25) is 5.78 Å². The molecule has 4 heterocycles. The van der Waals surface area contributed by atoms with E-state index in [-0.39, 0.29) is 5.54 Å². The van der Waals surface area contributed by atoms with Crippen LogP contribution in [0.2, 0.25) is 0 Å². The molecule has 2 aliphatic rings. The molecule has 0 aliphatic carbocycles. The number of aryl methyl sites for hydroxylation is 1. The zero-order valence-electron chi connectivity index (χ0n) is 16.4. The smallest absolute Gasteiger partial charge is 0.216 e. The van der Waals surface area contributed by atoms with Gasteiger partial charge in [0.25, 0.3) is 0 Å². The number of imidazole rings is 2. The van der Waals surface area contributed by atoms with Gasteiger partial charge in [0, 0.05) is 13.2 Å². The second-order valence-corrected chi connectivity index (χ2v) is 8.41. The summed E-state index contributed by atoms with van der Waals surface area (Å²) in [7, 11) is 2.16. The highest BCUT2D eigenvalue weighted by atomic mass is 15.4. The number of allylic oxidation sites excluding steroid dienone is 1.